The van der Waals surface area contributed by atoms with Gasteiger partial charge in [0.1, 0.15) is 21.5 Å². The Bertz CT molecular complexity index is 559. The molecule has 19 heavy (non-hydrogen) atoms. The van der Waals surface area contributed by atoms with Crippen molar-refractivity contribution in [3.05, 3.63) is 10.4 Å². The molecule has 102 valence electrons. The molecule has 0 spiro atoms. The summed E-state index contributed by atoms with van der Waals surface area (Å²) in [7, 11) is 1.27. The minimum Gasteiger partial charge on any atom is -0.465 e. The van der Waals surface area contributed by atoms with Crippen LogP contribution in [0.15, 0.2) is 0 Å². The number of nitrogen functional groups attached to an aromatic ring is 1. The number of methoxy groups -OCH3 is 1. The molecule has 0 radical (unpaired) electrons. The molecule has 1 atom stereocenters. The zero-order chi connectivity index (χ0) is 14.2. The van der Waals surface area contributed by atoms with Crippen molar-refractivity contribution in [1.29, 1.82) is 5.26 Å². The lowest BCUT2D eigenvalue weighted by molar-refractivity contribution is 0.0602. The molecule has 0 aromatic carbocycles. The highest BCUT2D eigenvalue weighted by molar-refractivity contribution is 7.17. The van der Waals surface area contributed by atoms with E-state index in [4.69, 9.17) is 15.7 Å². The van der Waals surface area contributed by atoms with Crippen molar-refractivity contribution < 1.29 is 14.6 Å². The summed E-state index contributed by atoms with van der Waals surface area (Å²) in [6, 6.07) is 1.98. The fraction of sp³-hybridized carbons (Fsp3) is 0.500. The SMILES string of the molecule is COC(=O)c1c(N2CCC(C)(O)C2)sc(C#N)c1N. The molecule has 1 fully saturated rings. The van der Waals surface area contributed by atoms with E-state index in [0.29, 0.717) is 29.4 Å². The lowest BCUT2D eigenvalue weighted by Crippen LogP contribution is -2.29. The number of nitriles is 1. The van der Waals surface area contributed by atoms with Crippen molar-refractivity contribution in [2.45, 2.75) is 18.9 Å². The first-order valence-electron chi connectivity index (χ1n) is 5.77. The van der Waals surface area contributed by atoms with Crippen LogP contribution >= 0.6 is 11.3 Å². The molecule has 1 saturated heterocycles. The highest BCUT2D eigenvalue weighted by Gasteiger charge is 2.35. The zero-order valence-corrected chi connectivity index (χ0v) is 11.6. The minimum absolute atomic E-state index is 0.154. The van der Waals surface area contributed by atoms with E-state index in [-0.39, 0.29) is 11.3 Å². The van der Waals surface area contributed by atoms with E-state index in [1.54, 1.807) is 6.92 Å². The van der Waals surface area contributed by atoms with Gasteiger partial charge in [0.25, 0.3) is 0 Å². The Kier molecular flexibility index (Phi) is 3.39. The predicted molar refractivity (Wildman–Crippen MR) is 72.2 cm³/mol. The third-order valence-corrected chi connectivity index (χ3v) is 4.33. The number of rotatable bonds is 2. The maximum atomic E-state index is 11.8. The summed E-state index contributed by atoms with van der Waals surface area (Å²) < 4.78 is 4.72. The summed E-state index contributed by atoms with van der Waals surface area (Å²) in [6.07, 6.45) is 0.604. The summed E-state index contributed by atoms with van der Waals surface area (Å²) >= 11 is 1.16. The van der Waals surface area contributed by atoms with Gasteiger partial charge >= 0.3 is 5.97 Å². The Labute approximate surface area is 115 Å². The van der Waals surface area contributed by atoms with E-state index in [0.717, 1.165) is 11.3 Å². The smallest absolute Gasteiger partial charge is 0.343 e. The summed E-state index contributed by atoms with van der Waals surface area (Å²) in [5.74, 6) is -0.559. The van der Waals surface area contributed by atoms with Gasteiger partial charge < -0.3 is 20.5 Å². The van der Waals surface area contributed by atoms with E-state index >= 15 is 0 Å². The van der Waals surface area contributed by atoms with Gasteiger partial charge in [-0.25, -0.2) is 4.79 Å². The lowest BCUT2D eigenvalue weighted by Gasteiger charge is -2.20. The monoisotopic (exact) mass is 281 g/mol. The Hall–Kier alpha value is -1.78. The van der Waals surface area contributed by atoms with Crippen LogP contribution in [0.1, 0.15) is 28.6 Å². The standard InChI is InChI=1S/C12H15N3O3S/c1-12(17)3-4-15(6-12)10-8(11(16)18-2)9(14)7(5-13)19-10/h17H,3-4,6,14H2,1-2H3. The highest BCUT2D eigenvalue weighted by atomic mass is 32.1. The van der Waals surface area contributed by atoms with Gasteiger partial charge in [0.2, 0.25) is 0 Å². The van der Waals surface area contributed by atoms with Crippen LogP contribution in [-0.2, 0) is 4.74 Å². The molecule has 0 aliphatic carbocycles. The maximum absolute atomic E-state index is 11.8. The second-order valence-corrected chi connectivity index (χ2v) is 5.80. The Morgan fingerprint density at radius 3 is 2.84 bits per heavy atom. The zero-order valence-electron chi connectivity index (χ0n) is 10.8. The third-order valence-electron chi connectivity index (χ3n) is 3.16. The first kappa shape index (κ1) is 13.6. The third kappa shape index (κ3) is 2.37. The number of carbonyl (C=O) groups is 1. The van der Waals surface area contributed by atoms with Crippen molar-refractivity contribution in [3.8, 4) is 6.07 Å². The van der Waals surface area contributed by atoms with Gasteiger partial charge in [0, 0.05) is 13.1 Å². The van der Waals surface area contributed by atoms with Crippen LogP contribution in [-0.4, -0.2) is 36.9 Å². The summed E-state index contributed by atoms with van der Waals surface area (Å²) in [4.78, 5) is 14.0. The molecule has 0 saturated carbocycles. The normalized spacial score (nSPS) is 22.3. The van der Waals surface area contributed by atoms with Crippen LogP contribution in [0.25, 0.3) is 0 Å². The molecule has 0 amide bonds. The van der Waals surface area contributed by atoms with E-state index < -0.39 is 11.6 Å². The van der Waals surface area contributed by atoms with Crippen LogP contribution in [0.5, 0.6) is 0 Å². The first-order chi connectivity index (χ1) is 8.89. The van der Waals surface area contributed by atoms with Gasteiger partial charge in [-0.15, -0.1) is 11.3 Å². The van der Waals surface area contributed by atoms with E-state index in [2.05, 4.69) is 0 Å². The number of hydrogen-bond acceptors (Lipinski definition) is 7. The topological polar surface area (TPSA) is 99.6 Å². The molecule has 0 bridgehead atoms. The molecule has 6 nitrogen and oxygen atoms in total. The van der Waals surface area contributed by atoms with Crippen LogP contribution in [0.2, 0.25) is 0 Å². The van der Waals surface area contributed by atoms with Crippen molar-refractivity contribution in [2.75, 3.05) is 30.8 Å². The number of aliphatic hydroxyl groups is 1. The molecule has 7 heteroatoms. The van der Waals surface area contributed by atoms with Crippen LogP contribution in [0.4, 0.5) is 10.7 Å². The summed E-state index contributed by atoms with van der Waals surface area (Å²) in [5.41, 5.74) is 5.41. The van der Waals surface area contributed by atoms with E-state index in [1.807, 2.05) is 11.0 Å². The van der Waals surface area contributed by atoms with Gasteiger partial charge in [-0.3, -0.25) is 0 Å². The number of nitrogens with two attached hydrogens (primary N) is 1. The molecule has 2 rings (SSSR count). The quantitative estimate of drug-likeness (QED) is 0.783. The van der Waals surface area contributed by atoms with Gasteiger partial charge in [0.15, 0.2) is 0 Å². The molecular weight excluding hydrogens is 266 g/mol. The predicted octanol–water partition coefficient (Wildman–Crippen LogP) is 0.950. The summed E-state index contributed by atoms with van der Waals surface area (Å²) in [6.45, 7) is 2.76. The van der Waals surface area contributed by atoms with Crippen LogP contribution in [0.3, 0.4) is 0 Å². The molecule has 1 aliphatic heterocycles. The average molecular weight is 281 g/mol. The van der Waals surface area contributed by atoms with Crippen LogP contribution < -0.4 is 10.6 Å². The molecule has 2 heterocycles. The fourth-order valence-corrected chi connectivity index (χ4v) is 3.19. The minimum atomic E-state index is -0.793. The molecule has 1 aliphatic rings. The number of anilines is 2. The lowest BCUT2D eigenvalue weighted by atomic mass is 10.1. The molecule has 1 aromatic heterocycles. The van der Waals surface area contributed by atoms with Gasteiger partial charge in [0.05, 0.1) is 18.4 Å². The highest BCUT2D eigenvalue weighted by Crippen LogP contribution is 2.40. The Balaban J connectivity index is 2.46. The first-order valence-corrected chi connectivity index (χ1v) is 6.59. The number of thiophene rings is 1. The second kappa shape index (κ2) is 4.72. The van der Waals surface area contributed by atoms with Gasteiger partial charge in [-0.1, -0.05) is 0 Å². The van der Waals surface area contributed by atoms with Crippen molar-refractivity contribution in [3.63, 3.8) is 0 Å². The fourth-order valence-electron chi connectivity index (χ4n) is 2.15. The maximum Gasteiger partial charge on any atom is 0.343 e. The molecule has 3 N–H and O–H groups in total. The summed E-state index contributed by atoms with van der Waals surface area (Å²) in [5, 5.41) is 19.6. The number of ether oxygens (including phenoxy) is 1. The molecule has 1 unspecified atom stereocenters. The Morgan fingerprint density at radius 2 is 2.37 bits per heavy atom. The van der Waals surface area contributed by atoms with E-state index in [1.165, 1.54) is 7.11 Å². The molecule has 1 aromatic rings. The number of hydrogen-bond donors (Lipinski definition) is 2. The number of esters is 1. The van der Waals surface area contributed by atoms with Crippen molar-refractivity contribution in [1.82, 2.24) is 0 Å². The van der Waals surface area contributed by atoms with Crippen LogP contribution in [0, 0.1) is 11.3 Å². The molecular formula is C12H15N3O3S. The number of β-amino-alcohol motifs (C(OH)–C–C–N with tert-alkyl or cyclic N) is 1. The number of nitrogens with zero attached hydrogens (tertiary/aromatic N) is 2. The van der Waals surface area contributed by atoms with Crippen molar-refractivity contribution >= 4 is 28.0 Å². The largest absolute Gasteiger partial charge is 0.465 e. The Morgan fingerprint density at radius 1 is 1.68 bits per heavy atom. The van der Waals surface area contributed by atoms with Gasteiger partial charge in [-0.05, 0) is 13.3 Å². The van der Waals surface area contributed by atoms with E-state index in [9.17, 15) is 9.90 Å². The second-order valence-electron chi connectivity index (χ2n) is 4.80. The average Bonchev–Trinajstić information content (AvgIpc) is 2.88. The number of carbonyl (C=O) groups excluding carboxylic acids is 1. The van der Waals surface area contributed by atoms with Gasteiger partial charge in [-0.2, -0.15) is 5.26 Å². The van der Waals surface area contributed by atoms with Crippen molar-refractivity contribution in [2.24, 2.45) is 0 Å².